The summed E-state index contributed by atoms with van der Waals surface area (Å²) in [5.41, 5.74) is 1.10. The van der Waals surface area contributed by atoms with Gasteiger partial charge in [-0.2, -0.15) is 18.2 Å². The molecule has 2 saturated heterocycles. The first kappa shape index (κ1) is 29.7. The highest BCUT2D eigenvalue weighted by molar-refractivity contribution is 5.91. The van der Waals surface area contributed by atoms with Crippen molar-refractivity contribution in [2.45, 2.75) is 37.9 Å². The zero-order valence-corrected chi connectivity index (χ0v) is 23.2. The molecule has 222 valence electrons. The van der Waals surface area contributed by atoms with E-state index in [2.05, 4.69) is 11.2 Å². The van der Waals surface area contributed by atoms with Gasteiger partial charge in [-0.15, -0.1) is 6.42 Å². The molecular formula is C32H30F3N5O3. The molecule has 43 heavy (non-hydrogen) atoms. The first-order chi connectivity index (χ1) is 20.7. The number of amides is 4. The second-order valence-corrected chi connectivity index (χ2v) is 10.4. The highest BCUT2D eigenvalue weighted by Gasteiger charge is 2.51. The molecule has 5 rings (SSSR count). The summed E-state index contributed by atoms with van der Waals surface area (Å²) < 4.78 is 40.3. The number of fused-ring (bicyclic) bond motifs is 1. The van der Waals surface area contributed by atoms with Crippen LogP contribution in [0.15, 0.2) is 84.9 Å². The van der Waals surface area contributed by atoms with E-state index in [0.717, 1.165) is 23.3 Å². The third-order valence-corrected chi connectivity index (χ3v) is 7.50. The lowest BCUT2D eigenvalue weighted by Gasteiger charge is -2.55. The topological polar surface area (TPSA) is 76.2 Å². The predicted molar refractivity (Wildman–Crippen MR) is 152 cm³/mol. The number of carbonyl (C=O) groups excluding carboxylic acids is 3. The molecule has 0 aliphatic carbocycles. The van der Waals surface area contributed by atoms with E-state index in [1.807, 2.05) is 60.7 Å². The van der Waals surface area contributed by atoms with E-state index in [4.69, 9.17) is 6.42 Å². The SMILES string of the molecule is C#CCN1CC(=O)N2[C@@H](Cc3ccccc3)C(=O)N(Cc3cccc(C(F)(F)F)c3)C[C@@H]2N1C(=O)NCc1ccccc1. The number of carbonyl (C=O) groups is 3. The lowest BCUT2D eigenvalue weighted by Crippen LogP contribution is -2.76. The summed E-state index contributed by atoms with van der Waals surface area (Å²) in [6, 6.07) is 21.7. The van der Waals surface area contributed by atoms with Crippen molar-refractivity contribution < 1.29 is 27.6 Å². The monoisotopic (exact) mass is 589 g/mol. The van der Waals surface area contributed by atoms with E-state index in [1.54, 1.807) is 0 Å². The summed E-state index contributed by atoms with van der Waals surface area (Å²) in [4.78, 5) is 44.1. The summed E-state index contributed by atoms with van der Waals surface area (Å²) >= 11 is 0. The van der Waals surface area contributed by atoms with Gasteiger partial charge in [-0.25, -0.2) is 9.80 Å². The van der Waals surface area contributed by atoms with Crippen molar-refractivity contribution in [3.8, 4) is 12.3 Å². The van der Waals surface area contributed by atoms with E-state index in [1.165, 1.54) is 32.0 Å². The van der Waals surface area contributed by atoms with Crippen LogP contribution in [0.3, 0.4) is 0 Å². The molecule has 2 heterocycles. The number of urea groups is 1. The number of alkyl halides is 3. The Morgan fingerprint density at radius 2 is 1.58 bits per heavy atom. The van der Waals surface area contributed by atoms with Gasteiger partial charge in [-0.3, -0.25) is 9.59 Å². The van der Waals surface area contributed by atoms with Gasteiger partial charge in [-0.05, 0) is 28.8 Å². The summed E-state index contributed by atoms with van der Waals surface area (Å²) in [5.74, 6) is 1.70. The number of piperazine rings is 1. The third-order valence-electron chi connectivity index (χ3n) is 7.50. The van der Waals surface area contributed by atoms with Gasteiger partial charge < -0.3 is 15.1 Å². The Balaban J connectivity index is 1.50. The lowest BCUT2D eigenvalue weighted by molar-refractivity contribution is -0.189. The van der Waals surface area contributed by atoms with Gasteiger partial charge in [0.2, 0.25) is 11.8 Å². The van der Waals surface area contributed by atoms with Crippen LogP contribution < -0.4 is 5.32 Å². The lowest BCUT2D eigenvalue weighted by atomic mass is 9.98. The Kier molecular flexibility index (Phi) is 8.68. The second kappa shape index (κ2) is 12.6. The molecule has 2 aliphatic heterocycles. The maximum atomic E-state index is 14.0. The number of nitrogens with zero attached hydrogens (tertiary/aromatic N) is 4. The van der Waals surface area contributed by atoms with E-state index in [9.17, 15) is 27.6 Å². The molecule has 0 spiro atoms. The van der Waals surface area contributed by atoms with E-state index >= 15 is 0 Å². The normalized spacial score (nSPS) is 19.2. The summed E-state index contributed by atoms with van der Waals surface area (Å²) in [7, 11) is 0. The summed E-state index contributed by atoms with van der Waals surface area (Å²) in [6.45, 7) is -0.306. The van der Waals surface area contributed by atoms with Crippen LogP contribution in [-0.2, 0) is 35.3 Å². The molecule has 3 aromatic rings. The van der Waals surface area contributed by atoms with Crippen molar-refractivity contribution >= 4 is 17.8 Å². The van der Waals surface area contributed by atoms with Gasteiger partial charge in [0.05, 0.1) is 25.2 Å². The highest BCUT2D eigenvalue weighted by atomic mass is 19.4. The van der Waals surface area contributed by atoms with Crippen LogP contribution >= 0.6 is 0 Å². The van der Waals surface area contributed by atoms with Gasteiger partial charge in [0, 0.05) is 19.5 Å². The van der Waals surface area contributed by atoms with Crippen molar-refractivity contribution in [2.75, 3.05) is 19.6 Å². The molecule has 0 radical (unpaired) electrons. The van der Waals surface area contributed by atoms with Crippen LogP contribution in [0.5, 0.6) is 0 Å². The molecule has 8 nitrogen and oxygen atoms in total. The standard InChI is InChI=1S/C32H30F3N5O3/c1-2-16-38-22-29(41)39-27(18-23-10-5-3-6-11-23)30(42)37(20-25-14-9-15-26(17-25)32(33,34)35)21-28(39)40(38)31(43)36-19-24-12-7-4-8-13-24/h1,3-15,17,27-28H,16,18-22H2,(H,36,43)/t27-,28-/m0/s1. The van der Waals surface area contributed by atoms with Gasteiger partial charge in [0.15, 0.2) is 0 Å². The Morgan fingerprint density at radius 1 is 0.930 bits per heavy atom. The van der Waals surface area contributed by atoms with Crippen LogP contribution in [0, 0.1) is 12.3 Å². The number of terminal acetylenes is 1. The predicted octanol–water partition coefficient (Wildman–Crippen LogP) is 3.89. The van der Waals surface area contributed by atoms with Crippen molar-refractivity contribution in [3.63, 3.8) is 0 Å². The molecule has 0 bridgehead atoms. The number of benzene rings is 3. The molecule has 3 aromatic carbocycles. The fraction of sp³-hybridized carbons (Fsp3) is 0.281. The van der Waals surface area contributed by atoms with Crippen molar-refractivity contribution in [2.24, 2.45) is 0 Å². The molecule has 4 amide bonds. The zero-order chi connectivity index (χ0) is 30.6. The molecule has 2 atom stereocenters. The fourth-order valence-electron chi connectivity index (χ4n) is 5.54. The van der Waals surface area contributed by atoms with Gasteiger partial charge in [0.1, 0.15) is 12.2 Å². The number of hydrazine groups is 1. The fourth-order valence-corrected chi connectivity index (χ4v) is 5.54. The maximum Gasteiger partial charge on any atom is 0.416 e. The summed E-state index contributed by atoms with van der Waals surface area (Å²) in [6.07, 6.45) is 0.271. The Labute approximate surface area is 247 Å². The molecule has 0 aromatic heterocycles. The van der Waals surface area contributed by atoms with Crippen molar-refractivity contribution in [1.29, 1.82) is 0 Å². The number of rotatable bonds is 7. The minimum absolute atomic E-state index is 0.0419. The van der Waals surface area contributed by atoms with Crippen molar-refractivity contribution in [3.05, 3.63) is 107 Å². The smallest absolute Gasteiger partial charge is 0.333 e. The largest absolute Gasteiger partial charge is 0.416 e. The molecule has 11 heteroatoms. The first-order valence-electron chi connectivity index (χ1n) is 13.7. The molecule has 2 fully saturated rings. The van der Waals surface area contributed by atoms with Crippen LogP contribution in [0.4, 0.5) is 18.0 Å². The number of halogens is 3. The average molecular weight is 590 g/mol. The van der Waals surface area contributed by atoms with E-state index in [-0.39, 0.29) is 50.6 Å². The van der Waals surface area contributed by atoms with Crippen molar-refractivity contribution in [1.82, 2.24) is 25.1 Å². The third kappa shape index (κ3) is 6.65. The van der Waals surface area contributed by atoms with Crippen LogP contribution in [0.25, 0.3) is 0 Å². The zero-order valence-electron chi connectivity index (χ0n) is 23.2. The summed E-state index contributed by atoms with van der Waals surface area (Å²) in [5, 5.41) is 5.71. The maximum absolute atomic E-state index is 14.0. The molecule has 1 N–H and O–H groups in total. The average Bonchev–Trinajstić information content (AvgIpc) is 2.99. The molecule has 0 unspecified atom stereocenters. The van der Waals surface area contributed by atoms with Crippen LogP contribution in [0.2, 0.25) is 0 Å². The molecule has 2 aliphatic rings. The molecular weight excluding hydrogens is 559 g/mol. The minimum Gasteiger partial charge on any atom is -0.333 e. The number of hydrogen-bond acceptors (Lipinski definition) is 4. The van der Waals surface area contributed by atoms with Crippen LogP contribution in [-0.4, -0.2) is 69.5 Å². The number of hydrogen-bond donors (Lipinski definition) is 1. The Bertz CT molecular complexity index is 1510. The van der Waals surface area contributed by atoms with E-state index < -0.39 is 35.9 Å². The van der Waals surface area contributed by atoms with Gasteiger partial charge in [-0.1, -0.05) is 78.7 Å². The van der Waals surface area contributed by atoms with Crippen LogP contribution in [0.1, 0.15) is 22.3 Å². The minimum atomic E-state index is -4.55. The van der Waals surface area contributed by atoms with E-state index in [0.29, 0.717) is 0 Å². The Hall–Kier alpha value is -4.82. The first-order valence-corrected chi connectivity index (χ1v) is 13.7. The molecule has 0 saturated carbocycles. The van der Waals surface area contributed by atoms with Gasteiger partial charge >= 0.3 is 12.2 Å². The second-order valence-electron chi connectivity index (χ2n) is 10.4. The van der Waals surface area contributed by atoms with Gasteiger partial charge in [0.25, 0.3) is 0 Å². The Morgan fingerprint density at radius 3 is 2.23 bits per heavy atom. The highest BCUT2D eigenvalue weighted by Crippen LogP contribution is 2.32. The quantitative estimate of drug-likeness (QED) is 0.425. The number of nitrogens with one attached hydrogen (secondary N) is 1.